The molecule has 1 amide bonds. The third kappa shape index (κ3) is 4.63. The lowest BCUT2D eigenvalue weighted by atomic mass is 10.1. The Morgan fingerprint density at radius 3 is 2.95 bits per heavy atom. The number of carbonyl (C=O) groups is 1. The van der Waals surface area contributed by atoms with Crippen molar-refractivity contribution in [3.05, 3.63) is 24.3 Å². The maximum atomic E-state index is 10.7. The van der Waals surface area contributed by atoms with Crippen LogP contribution in [0.2, 0.25) is 0 Å². The summed E-state index contributed by atoms with van der Waals surface area (Å²) >= 11 is 0. The monoisotopic (exact) mass is 290 g/mol. The predicted molar refractivity (Wildman–Crippen MR) is 87.2 cm³/mol. The standard InChI is InChI=1S/C16H26N4O/c1-2-13(19-16-6-4-3-5-15(16)17)7-9-18-14-8-10-20(11-14)12-21/h3-6,12-14,18-19H,2,7-11,17H2,1H3. The average Bonchev–Trinajstić information content (AvgIpc) is 2.96. The summed E-state index contributed by atoms with van der Waals surface area (Å²) < 4.78 is 0. The second kappa shape index (κ2) is 7.88. The topological polar surface area (TPSA) is 70.4 Å². The molecular weight excluding hydrogens is 264 g/mol. The van der Waals surface area contributed by atoms with Gasteiger partial charge in [0.1, 0.15) is 0 Å². The first-order chi connectivity index (χ1) is 10.2. The van der Waals surface area contributed by atoms with Crippen LogP contribution in [0.1, 0.15) is 26.2 Å². The van der Waals surface area contributed by atoms with E-state index in [2.05, 4.69) is 17.6 Å². The maximum Gasteiger partial charge on any atom is 0.209 e. The van der Waals surface area contributed by atoms with Crippen molar-refractivity contribution in [3.63, 3.8) is 0 Å². The highest BCUT2D eigenvalue weighted by Gasteiger charge is 2.20. The molecule has 0 aliphatic carbocycles. The van der Waals surface area contributed by atoms with E-state index >= 15 is 0 Å². The van der Waals surface area contributed by atoms with Crippen molar-refractivity contribution in [2.24, 2.45) is 0 Å². The maximum absolute atomic E-state index is 10.7. The second-order valence-corrected chi connectivity index (χ2v) is 5.67. The first kappa shape index (κ1) is 15.6. The van der Waals surface area contributed by atoms with Gasteiger partial charge in [0.15, 0.2) is 0 Å². The van der Waals surface area contributed by atoms with Crippen LogP contribution in [-0.4, -0.2) is 43.0 Å². The summed E-state index contributed by atoms with van der Waals surface area (Å²) in [5, 5.41) is 7.05. The fourth-order valence-corrected chi connectivity index (χ4v) is 2.74. The van der Waals surface area contributed by atoms with E-state index in [0.29, 0.717) is 12.1 Å². The van der Waals surface area contributed by atoms with Gasteiger partial charge in [-0.2, -0.15) is 0 Å². The highest BCUT2D eigenvalue weighted by molar-refractivity contribution is 5.65. The molecule has 1 heterocycles. The molecule has 21 heavy (non-hydrogen) atoms. The molecule has 5 nitrogen and oxygen atoms in total. The lowest BCUT2D eigenvalue weighted by Gasteiger charge is -2.21. The number of nitrogen functional groups attached to an aromatic ring is 1. The molecule has 1 aromatic carbocycles. The molecule has 1 aromatic rings. The quantitative estimate of drug-likeness (QED) is 0.503. The summed E-state index contributed by atoms with van der Waals surface area (Å²) in [6.45, 7) is 4.84. The first-order valence-electron chi connectivity index (χ1n) is 7.76. The van der Waals surface area contributed by atoms with Gasteiger partial charge in [0.2, 0.25) is 6.41 Å². The van der Waals surface area contributed by atoms with Gasteiger partial charge < -0.3 is 21.3 Å². The Labute approximate surface area is 126 Å². The van der Waals surface area contributed by atoms with E-state index in [1.807, 2.05) is 29.2 Å². The number of para-hydroxylation sites is 2. The predicted octanol–water partition coefficient (Wildman–Crippen LogP) is 1.67. The van der Waals surface area contributed by atoms with E-state index in [0.717, 1.165) is 56.7 Å². The molecule has 0 saturated carbocycles. The van der Waals surface area contributed by atoms with Crippen LogP contribution in [-0.2, 0) is 4.79 Å². The minimum atomic E-state index is 0.408. The number of hydrogen-bond acceptors (Lipinski definition) is 4. The lowest BCUT2D eigenvalue weighted by Crippen LogP contribution is -2.35. The van der Waals surface area contributed by atoms with Gasteiger partial charge in [-0.3, -0.25) is 4.79 Å². The number of hydrogen-bond donors (Lipinski definition) is 3. The number of anilines is 2. The number of amides is 1. The summed E-state index contributed by atoms with van der Waals surface area (Å²) in [5.74, 6) is 0. The Kier molecular flexibility index (Phi) is 5.87. The highest BCUT2D eigenvalue weighted by Crippen LogP contribution is 2.19. The zero-order chi connectivity index (χ0) is 15.1. The van der Waals surface area contributed by atoms with Gasteiger partial charge >= 0.3 is 0 Å². The van der Waals surface area contributed by atoms with Crippen LogP contribution in [0.15, 0.2) is 24.3 Å². The number of nitrogens with zero attached hydrogens (tertiary/aromatic N) is 1. The lowest BCUT2D eigenvalue weighted by molar-refractivity contribution is -0.117. The fourth-order valence-electron chi connectivity index (χ4n) is 2.74. The molecule has 0 radical (unpaired) electrons. The molecule has 2 atom stereocenters. The Hall–Kier alpha value is -1.75. The van der Waals surface area contributed by atoms with Gasteiger partial charge in [-0.15, -0.1) is 0 Å². The third-order valence-electron chi connectivity index (χ3n) is 4.11. The summed E-state index contributed by atoms with van der Waals surface area (Å²) in [6.07, 6.45) is 4.09. The number of nitrogens with two attached hydrogens (primary N) is 1. The molecule has 1 aliphatic heterocycles. The summed E-state index contributed by atoms with van der Waals surface area (Å²) in [6, 6.07) is 8.72. The minimum Gasteiger partial charge on any atom is -0.397 e. The van der Waals surface area contributed by atoms with Crippen LogP contribution < -0.4 is 16.4 Å². The van der Waals surface area contributed by atoms with Gasteiger partial charge in [-0.1, -0.05) is 19.1 Å². The van der Waals surface area contributed by atoms with Crippen molar-refractivity contribution in [2.75, 3.05) is 30.7 Å². The number of benzene rings is 1. The first-order valence-corrected chi connectivity index (χ1v) is 7.76. The molecule has 1 fully saturated rings. The van der Waals surface area contributed by atoms with E-state index in [1.165, 1.54) is 0 Å². The second-order valence-electron chi connectivity index (χ2n) is 5.67. The van der Waals surface area contributed by atoms with Gasteiger partial charge in [-0.25, -0.2) is 0 Å². The van der Waals surface area contributed by atoms with Gasteiger partial charge in [0.25, 0.3) is 0 Å². The Balaban J connectivity index is 1.73. The van der Waals surface area contributed by atoms with E-state index < -0.39 is 0 Å². The summed E-state index contributed by atoms with van der Waals surface area (Å²) in [5.41, 5.74) is 7.77. The van der Waals surface area contributed by atoms with Gasteiger partial charge in [0, 0.05) is 25.2 Å². The van der Waals surface area contributed by atoms with Crippen molar-refractivity contribution < 1.29 is 4.79 Å². The molecule has 116 valence electrons. The molecule has 2 rings (SSSR count). The number of likely N-dealkylation sites (tertiary alicyclic amines) is 1. The average molecular weight is 290 g/mol. The van der Waals surface area contributed by atoms with Crippen LogP contribution in [0.25, 0.3) is 0 Å². The highest BCUT2D eigenvalue weighted by atomic mass is 16.1. The van der Waals surface area contributed by atoms with Crippen molar-refractivity contribution in [2.45, 2.75) is 38.3 Å². The molecule has 1 saturated heterocycles. The largest absolute Gasteiger partial charge is 0.397 e. The van der Waals surface area contributed by atoms with Crippen LogP contribution in [0, 0.1) is 0 Å². The molecule has 0 spiro atoms. The Bertz CT molecular complexity index is 452. The van der Waals surface area contributed by atoms with Crippen molar-refractivity contribution in [3.8, 4) is 0 Å². The van der Waals surface area contributed by atoms with E-state index in [1.54, 1.807) is 0 Å². The van der Waals surface area contributed by atoms with Gasteiger partial charge in [-0.05, 0) is 37.9 Å². The third-order valence-corrected chi connectivity index (χ3v) is 4.11. The fraction of sp³-hybridized carbons (Fsp3) is 0.562. The molecular formula is C16H26N4O. The zero-order valence-corrected chi connectivity index (χ0v) is 12.7. The number of rotatable bonds is 8. The smallest absolute Gasteiger partial charge is 0.209 e. The minimum absolute atomic E-state index is 0.408. The normalized spacial score (nSPS) is 19.5. The van der Waals surface area contributed by atoms with E-state index in [4.69, 9.17) is 5.73 Å². The van der Waals surface area contributed by atoms with Crippen molar-refractivity contribution in [1.82, 2.24) is 10.2 Å². The SMILES string of the molecule is CCC(CCNC1CCN(C=O)C1)Nc1ccccc1N. The molecule has 1 aliphatic rings. The summed E-state index contributed by atoms with van der Waals surface area (Å²) in [4.78, 5) is 12.5. The molecule has 0 bridgehead atoms. The number of nitrogens with one attached hydrogen (secondary N) is 2. The Morgan fingerprint density at radius 2 is 2.29 bits per heavy atom. The van der Waals surface area contributed by atoms with Crippen LogP contribution >= 0.6 is 0 Å². The van der Waals surface area contributed by atoms with Crippen molar-refractivity contribution >= 4 is 17.8 Å². The Morgan fingerprint density at radius 1 is 1.48 bits per heavy atom. The molecule has 0 aromatic heterocycles. The number of carbonyl (C=O) groups excluding carboxylic acids is 1. The zero-order valence-electron chi connectivity index (χ0n) is 12.7. The van der Waals surface area contributed by atoms with Gasteiger partial charge in [0.05, 0.1) is 11.4 Å². The van der Waals surface area contributed by atoms with E-state index in [-0.39, 0.29) is 0 Å². The summed E-state index contributed by atoms with van der Waals surface area (Å²) in [7, 11) is 0. The van der Waals surface area contributed by atoms with Crippen LogP contribution in [0.5, 0.6) is 0 Å². The molecule has 2 unspecified atom stereocenters. The molecule has 4 N–H and O–H groups in total. The van der Waals surface area contributed by atoms with Crippen LogP contribution in [0.4, 0.5) is 11.4 Å². The molecule has 5 heteroatoms. The van der Waals surface area contributed by atoms with Crippen molar-refractivity contribution in [1.29, 1.82) is 0 Å². The van der Waals surface area contributed by atoms with Crippen LogP contribution in [0.3, 0.4) is 0 Å². The van der Waals surface area contributed by atoms with E-state index in [9.17, 15) is 4.79 Å².